The lowest BCUT2D eigenvalue weighted by molar-refractivity contribution is -0.125. The van der Waals surface area contributed by atoms with Gasteiger partial charge in [-0.15, -0.1) is 0 Å². The normalized spacial score (nSPS) is 27.2. The fourth-order valence-electron chi connectivity index (χ4n) is 5.21. The van der Waals surface area contributed by atoms with Crippen LogP contribution >= 0.6 is 0 Å². The zero-order valence-electron chi connectivity index (χ0n) is 16.1. The maximum Gasteiger partial charge on any atom is 0.238 e. The highest BCUT2D eigenvalue weighted by Gasteiger charge is 2.71. The van der Waals surface area contributed by atoms with Gasteiger partial charge in [0.1, 0.15) is 11.5 Å². The second-order valence-electron chi connectivity index (χ2n) is 7.65. The first-order chi connectivity index (χ1) is 14.0. The second-order valence-corrected chi connectivity index (χ2v) is 7.65. The van der Waals surface area contributed by atoms with E-state index in [1.54, 1.807) is 24.3 Å². The standard InChI is InChI=1S/C22H20N6O/c1-2-8-28-9-7-14-15(10-23)19(26)21(12-24,13-25)22(17(14)11-28)16-5-3-4-6-18(16)27-20(22)29/h3-7,17H,2,8-9,11,26H2,1H3,(H,27,29). The molecule has 1 aliphatic carbocycles. The van der Waals surface area contributed by atoms with Gasteiger partial charge in [-0.05, 0) is 30.2 Å². The number of hydrogen-bond donors (Lipinski definition) is 2. The molecular weight excluding hydrogens is 364 g/mol. The van der Waals surface area contributed by atoms with Crippen LogP contribution in [-0.2, 0) is 10.2 Å². The van der Waals surface area contributed by atoms with Crippen LogP contribution in [0, 0.1) is 45.3 Å². The molecule has 0 saturated carbocycles. The quantitative estimate of drug-likeness (QED) is 0.801. The van der Waals surface area contributed by atoms with Gasteiger partial charge in [-0.2, -0.15) is 15.8 Å². The minimum Gasteiger partial charge on any atom is -0.399 e. The number of carbonyl (C=O) groups excluding carboxylic acids is 1. The molecule has 1 amide bonds. The summed E-state index contributed by atoms with van der Waals surface area (Å²) in [5.74, 6) is -0.955. The van der Waals surface area contributed by atoms with Crippen molar-refractivity contribution in [3.63, 3.8) is 0 Å². The van der Waals surface area contributed by atoms with E-state index in [9.17, 15) is 20.6 Å². The molecule has 3 aliphatic rings. The highest BCUT2D eigenvalue weighted by atomic mass is 16.2. The molecule has 2 unspecified atom stereocenters. The van der Waals surface area contributed by atoms with Crippen LogP contribution < -0.4 is 11.1 Å². The number of amides is 1. The average Bonchev–Trinajstić information content (AvgIpc) is 3.03. The number of fused-ring (bicyclic) bond motifs is 4. The molecule has 1 spiro atoms. The molecule has 7 nitrogen and oxygen atoms in total. The Morgan fingerprint density at radius 2 is 2.00 bits per heavy atom. The van der Waals surface area contributed by atoms with E-state index in [1.807, 2.05) is 6.08 Å². The van der Waals surface area contributed by atoms with Crippen molar-refractivity contribution in [1.29, 1.82) is 15.8 Å². The summed E-state index contributed by atoms with van der Waals surface area (Å²) in [6.07, 6.45) is 2.85. The lowest BCUT2D eigenvalue weighted by Gasteiger charge is -2.51. The minimum absolute atomic E-state index is 0.136. The topological polar surface area (TPSA) is 130 Å². The number of carbonyl (C=O) groups is 1. The molecule has 7 heteroatoms. The number of nitrogens with one attached hydrogen (secondary N) is 1. The fraction of sp³-hybridized carbons (Fsp3) is 0.364. The summed E-state index contributed by atoms with van der Waals surface area (Å²) in [4.78, 5) is 15.8. The minimum atomic E-state index is -1.98. The largest absolute Gasteiger partial charge is 0.399 e. The molecule has 0 fully saturated rings. The molecule has 0 aromatic heterocycles. The van der Waals surface area contributed by atoms with Gasteiger partial charge in [-0.1, -0.05) is 31.2 Å². The fourth-order valence-corrected chi connectivity index (χ4v) is 5.21. The van der Waals surface area contributed by atoms with Gasteiger partial charge in [0.2, 0.25) is 11.3 Å². The Hall–Kier alpha value is -3.60. The Bertz CT molecular complexity index is 1080. The third-order valence-corrected chi connectivity index (χ3v) is 6.41. The number of nitrogens with two attached hydrogens (primary N) is 1. The molecular formula is C22H20N6O. The Kier molecular flexibility index (Phi) is 4.19. The van der Waals surface area contributed by atoms with E-state index >= 15 is 0 Å². The Balaban J connectivity index is 2.12. The molecule has 2 atom stereocenters. The van der Waals surface area contributed by atoms with E-state index in [4.69, 9.17) is 5.73 Å². The van der Waals surface area contributed by atoms with Gasteiger partial charge in [-0.25, -0.2) is 0 Å². The van der Waals surface area contributed by atoms with Crippen molar-refractivity contribution in [3.8, 4) is 18.2 Å². The maximum absolute atomic E-state index is 13.6. The van der Waals surface area contributed by atoms with Crippen LogP contribution in [-0.4, -0.2) is 30.4 Å². The van der Waals surface area contributed by atoms with Crippen molar-refractivity contribution in [3.05, 3.63) is 52.7 Å². The highest BCUT2D eigenvalue weighted by molar-refractivity contribution is 6.09. The Morgan fingerprint density at radius 1 is 1.28 bits per heavy atom. The molecule has 144 valence electrons. The van der Waals surface area contributed by atoms with Gasteiger partial charge in [-0.3, -0.25) is 9.69 Å². The molecule has 0 bridgehead atoms. The maximum atomic E-state index is 13.6. The number of nitrogens with zero attached hydrogens (tertiary/aromatic N) is 4. The molecule has 0 radical (unpaired) electrons. The van der Waals surface area contributed by atoms with Crippen LogP contribution in [0.1, 0.15) is 18.9 Å². The second kappa shape index (κ2) is 6.48. The van der Waals surface area contributed by atoms with Crippen molar-refractivity contribution in [1.82, 2.24) is 4.90 Å². The molecule has 2 heterocycles. The van der Waals surface area contributed by atoms with Crippen molar-refractivity contribution < 1.29 is 4.79 Å². The number of allylic oxidation sites excluding steroid dienone is 2. The summed E-state index contributed by atoms with van der Waals surface area (Å²) in [6, 6.07) is 13.3. The van der Waals surface area contributed by atoms with Gasteiger partial charge < -0.3 is 11.1 Å². The number of nitriles is 3. The molecule has 1 aromatic carbocycles. The first-order valence-electron chi connectivity index (χ1n) is 9.58. The SMILES string of the molecule is CCCN1CC=C2C(C#N)=C(N)C(C#N)(C#N)C3(C(=O)Nc4ccccc43)C2C1. The summed E-state index contributed by atoms with van der Waals surface area (Å²) in [5, 5.41) is 33.2. The smallest absolute Gasteiger partial charge is 0.238 e. The average molecular weight is 384 g/mol. The Morgan fingerprint density at radius 3 is 2.66 bits per heavy atom. The molecule has 2 aliphatic heterocycles. The number of benzene rings is 1. The van der Waals surface area contributed by atoms with Crippen LogP contribution in [0.3, 0.4) is 0 Å². The summed E-state index contributed by atoms with van der Waals surface area (Å²) in [6.45, 7) is 3.97. The number of para-hydroxylation sites is 1. The van der Waals surface area contributed by atoms with Crippen LogP contribution in [0.5, 0.6) is 0 Å². The van der Waals surface area contributed by atoms with Crippen LogP contribution in [0.15, 0.2) is 47.2 Å². The van der Waals surface area contributed by atoms with Crippen molar-refractivity contribution in [2.24, 2.45) is 17.1 Å². The molecule has 1 aromatic rings. The van der Waals surface area contributed by atoms with Gasteiger partial charge in [0.25, 0.3) is 0 Å². The summed E-state index contributed by atoms with van der Waals surface area (Å²) in [5.41, 5.74) is 4.68. The number of anilines is 1. The van der Waals surface area contributed by atoms with E-state index in [0.717, 1.165) is 13.0 Å². The number of hydrogen-bond acceptors (Lipinski definition) is 6. The summed E-state index contributed by atoms with van der Waals surface area (Å²) >= 11 is 0. The molecule has 29 heavy (non-hydrogen) atoms. The first kappa shape index (κ1) is 18.7. The van der Waals surface area contributed by atoms with Gasteiger partial charge >= 0.3 is 0 Å². The number of rotatable bonds is 2. The van der Waals surface area contributed by atoms with E-state index in [0.29, 0.717) is 29.9 Å². The molecule has 4 rings (SSSR count). The predicted molar refractivity (Wildman–Crippen MR) is 106 cm³/mol. The van der Waals surface area contributed by atoms with Crippen molar-refractivity contribution in [2.75, 3.05) is 25.0 Å². The Labute approximate surface area is 169 Å². The van der Waals surface area contributed by atoms with Gasteiger partial charge in [0.05, 0.1) is 23.4 Å². The van der Waals surface area contributed by atoms with Crippen molar-refractivity contribution in [2.45, 2.75) is 18.8 Å². The third kappa shape index (κ3) is 2.10. The van der Waals surface area contributed by atoms with Crippen LogP contribution in [0.2, 0.25) is 0 Å². The third-order valence-electron chi connectivity index (χ3n) is 6.41. The van der Waals surface area contributed by atoms with E-state index < -0.39 is 22.7 Å². The van der Waals surface area contributed by atoms with Gasteiger partial charge in [0, 0.05) is 24.7 Å². The van der Waals surface area contributed by atoms with Crippen LogP contribution in [0.4, 0.5) is 5.69 Å². The summed E-state index contributed by atoms with van der Waals surface area (Å²) < 4.78 is 0. The highest BCUT2D eigenvalue weighted by Crippen LogP contribution is 2.62. The van der Waals surface area contributed by atoms with E-state index in [-0.39, 0.29) is 11.3 Å². The zero-order chi connectivity index (χ0) is 20.8. The molecule has 0 saturated heterocycles. The van der Waals surface area contributed by atoms with E-state index in [1.165, 1.54) is 0 Å². The van der Waals surface area contributed by atoms with Crippen LogP contribution in [0.25, 0.3) is 0 Å². The lowest BCUT2D eigenvalue weighted by Crippen LogP contribution is -2.62. The summed E-state index contributed by atoms with van der Waals surface area (Å²) in [7, 11) is 0. The predicted octanol–water partition coefficient (Wildman–Crippen LogP) is 1.93. The van der Waals surface area contributed by atoms with Gasteiger partial charge in [0.15, 0.2) is 0 Å². The lowest BCUT2D eigenvalue weighted by atomic mass is 9.48. The molecule has 3 N–H and O–H groups in total. The zero-order valence-corrected chi connectivity index (χ0v) is 16.1. The van der Waals surface area contributed by atoms with Crippen molar-refractivity contribution >= 4 is 11.6 Å². The monoisotopic (exact) mass is 384 g/mol. The van der Waals surface area contributed by atoms with E-state index in [2.05, 4.69) is 35.3 Å². The first-order valence-corrected chi connectivity index (χ1v) is 9.58.